The van der Waals surface area contributed by atoms with E-state index in [-0.39, 0.29) is 0 Å². The van der Waals surface area contributed by atoms with Gasteiger partial charge in [-0.25, -0.2) is 4.29 Å². The number of para-hydroxylation sites is 1. The first kappa shape index (κ1) is 8.50. The summed E-state index contributed by atoms with van der Waals surface area (Å²) in [4.78, 5) is 11.2. The molecule has 0 saturated carbocycles. The quantitative estimate of drug-likeness (QED) is 0.663. The molecule has 1 amide bonds. The van der Waals surface area contributed by atoms with Gasteiger partial charge in [-0.1, -0.05) is 18.2 Å². The molecule has 2 N–H and O–H groups in total. The fourth-order valence-electron chi connectivity index (χ4n) is 1.29. The minimum absolute atomic E-state index is 0.329. The topological polar surface area (TPSA) is 58.6 Å². The van der Waals surface area contributed by atoms with Crippen molar-refractivity contribution in [1.29, 1.82) is 0 Å². The zero-order valence-corrected chi connectivity index (χ0v) is 7.21. The number of hydrogen-bond donors (Lipinski definition) is 2. The summed E-state index contributed by atoms with van der Waals surface area (Å²) in [6.07, 6.45) is 0. The number of anilines is 1. The molecule has 0 aliphatic carbocycles. The van der Waals surface area contributed by atoms with Crippen LogP contribution < -0.4 is 5.32 Å². The number of carbonyl (C=O) groups excluding carboxylic acids is 1. The van der Waals surface area contributed by atoms with Crippen LogP contribution in [-0.2, 0) is 14.9 Å². The fraction of sp³-hybridized carbons (Fsp3) is 0.125. The number of fused-ring (bicyclic) bond motifs is 1. The van der Waals surface area contributed by atoms with Gasteiger partial charge in [-0.3, -0.25) is 4.79 Å². The highest BCUT2D eigenvalue weighted by atomic mass is 35.5. The number of nitrogens with one attached hydrogen (secondary N) is 1. The molecule has 13 heavy (non-hydrogen) atoms. The van der Waals surface area contributed by atoms with Crippen LogP contribution >= 0.6 is 11.9 Å². The first-order valence-electron chi connectivity index (χ1n) is 3.61. The molecule has 2 rings (SSSR count). The highest BCUT2D eigenvalue weighted by Crippen LogP contribution is 2.36. The van der Waals surface area contributed by atoms with Gasteiger partial charge in [0.1, 0.15) is 0 Å². The van der Waals surface area contributed by atoms with Gasteiger partial charge in [0.15, 0.2) is 0 Å². The van der Waals surface area contributed by atoms with Crippen molar-refractivity contribution in [3.05, 3.63) is 29.8 Å². The van der Waals surface area contributed by atoms with Crippen LogP contribution in [0.25, 0.3) is 0 Å². The number of hydrogen-bond acceptors (Lipinski definition) is 3. The van der Waals surface area contributed by atoms with Crippen LogP contribution in [0.1, 0.15) is 5.56 Å². The highest BCUT2D eigenvalue weighted by molar-refractivity contribution is 6.12. The van der Waals surface area contributed by atoms with E-state index in [0.717, 1.165) is 0 Å². The predicted molar refractivity (Wildman–Crippen MR) is 45.9 cm³/mol. The third kappa shape index (κ3) is 1.03. The molecule has 1 aromatic carbocycles. The van der Waals surface area contributed by atoms with Gasteiger partial charge < -0.3 is 10.4 Å². The van der Waals surface area contributed by atoms with E-state index in [9.17, 15) is 9.90 Å². The Balaban J connectivity index is 2.59. The average molecular weight is 200 g/mol. The molecule has 0 fully saturated rings. The zero-order chi connectivity index (χ0) is 9.47. The fourth-order valence-corrected chi connectivity index (χ4v) is 1.45. The van der Waals surface area contributed by atoms with Crippen molar-refractivity contribution < 1.29 is 14.2 Å². The standard InChI is InChI=1S/C8H6ClNO3/c9-13-8(12)5-3-1-2-4-6(5)10-7(8)11/h1-4,12H,(H,10,11). The number of carbonyl (C=O) groups is 1. The van der Waals surface area contributed by atoms with Crippen LogP contribution in [0.15, 0.2) is 24.3 Å². The molecule has 0 saturated heterocycles. The van der Waals surface area contributed by atoms with Crippen molar-refractivity contribution in [2.45, 2.75) is 5.79 Å². The Bertz CT molecular complexity index is 368. The third-order valence-electron chi connectivity index (χ3n) is 1.96. The Hall–Kier alpha value is -1.10. The molecule has 4 nitrogen and oxygen atoms in total. The Morgan fingerprint density at radius 3 is 2.85 bits per heavy atom. The lowest BCUT2D eigenvalue weighted by Crippen LogP contribution is -2.34. The predicted octanol–water partition coefficient (Wildman–Crippen LogP) is 0.954. The summed E-state index contributed by atoms with van der Waals surface area (Å²) in [6.45, 7) is 0. The van der Waals surface area contributed by atoms with Gasteiger partial charge in [-0.15, -0.1) is 0 Å². The molecule has 1 aliphatic rings. The second-order valence-corrected chi connectivity index (χ2v) is 2.88. The molecule has 1 aromatic rings. The SMILES string of the molecule is O=C1Nc2ccccc2C1(O)OCl. The first-order chi connectivity index (χ1) is 6.18. The molecule has 1 unspecified atom stereocenters. The van der Waals surface area contributed by atoms with Gasteiger partial charge >= 0.3 is 0 Å². The van der Waals surface area contributed by atoms with Crippen LogP contribution in [0.2, 0.25) is 0 Å². The van der Waals surface area contributed by atoms with Crippen LogP contribution in [0.3, 0.4) is 0 Å². The lowest BCUT2D eigenvalue weighted by Gasteiger charge is -2.14. The van der Waals surface area contributed by atoms with Crippen molar-refractivity contribution in [3.63, 3.8) is 0 Å². The number of aliphatic hydroxyl groups is 1. The normalized spacial score (nSPS) is 25.5. The number of benzene rings is 1. The number of amides is 1. The molecule has 68 valence electrons. The van der Waals surface area contributed by atoms with Gasteiger partial charge in [0, 0.05) is 5.56 Å². The molecule has 0 bridgehead atoms. The second-order valence-electron chi connectivity index (χ2n) is 2.72. The summed E-state index contributed by atoms with van der Waals surface area (Å²) in [7, 11) is 0. The van der Waals surface area contributed by atoms with Crippen molar-refractivity contribution in [2.75, 3.05) is 5.32 Å². The molecule has 0 radical (unpaired) electrons. The highest BCUT2D eigenvalue weighted by Gasteiger charge is 2.46. The van der Waals surface area contributed by atoms with Gasteiger partial charge in [0.25, 0.3) is 11.7 Å². The molecule has 1 atom stereocenters. The van der Waals surface area contributed by atoms with E-state index in [4.69, 9.17) is 11.9 Å². The van der Waals surface area contributed by atoms with Crippen molar-refractivity contribution in [3.8, 4) is 0 Å². The monoisotopic (exact) mass is 199 g/mol. The summed E-state index contributed by atoms with van der Waals surface area (Å²) < 4.78 is 4.25. The van der Waals surface area contributed by atoms with E-state index in [1.807, 2.05) is 0 Å². The van der Waals surface area contributed by atoms with E-state index >= 15 is 0 Å². The van der Waals surface area contributed by atoms with E-state index < -0.39 is 11.7 Å². The van der Waals surface area contributed by atoms with E-state index in [1.54, 1.807) is 24.3 Å². The van der Waals surface area contributed by atoms with Crippen molar-refractivity contribution >= 4 is 23.5 Å². The Labute approximate surface area is 79.3 Å². The molecule has 5 heteroatoms. The van der Waals surface area contributed by atoms with Gasteiger partial charge in [0.05, 0.1) is 17.6 Å². The summed E-state index contributed by atoms with van der Waals surface area (Å²) in [5.41, 5.74) is 0.839. The largest absolute Gasteiger partial charge is 0.353 e. The van der Waals surface area contributed by atoms with Gasteiger partial charge in [-0.2, -0.15) is 0 Å². The Morgan fingerprint density at radius 2 is 2.15 bits per heavy atom. The minimum Gasteiger partial charge on any atom is -0.353 e. The van der Waals surface area contributed by atoms with Gasteiger partial charge in [-0.05, 0) is 6.07 Å². The second kappa shape index (κ2) is 2.70. The Morgan fingerprint density at radius 1 is 1.46 bits per heavy atom. The van der Waals surface area contributed by atoms with Crippen LogP contribution in [0, 0.1) is 0 Å². The molecule has 0 spiro atoms. The van der Waals surface area contributed by atoms with Crippen LogP contribution in [0.4, 0.5) is 5.69 Å². The maximum Gasteiger partial charge on any atom is 0.294 e. The molecular weight excluding hydrogens is 194 g/mol. The van der Waals surface area contributed by atoms with E-state index in [1.165, 1.54) is 0 Å². The number of halogens is 1. The van der Waals surface area contributed by atoms with Crippen molar-refractivity contribution in [1.82, 2.24) is 0 Å². The third-order valence-corrected chi connectivity index (χ3v) is 2.18. The lowest BCUT2D eigenvalue weighted by atomic mass is 10.1. The summed E-state index contributed by atoms with van der Waals surface area (Å²) in [6, 6.07) is 6.63. The van der Waals surface area contributed by atoms with Crippen LogP contribution in [-0.4, -0.2) is 11.0 Å². The van der Waals surface area contributed by atoms with Gasteiger partial charge in [0.2, 0.25) is 0 Å². The first-order valence-corrected chi connectivity index (χ1v) is 3.92. The van der Waals surface area contributed by atoms with Crippen molar-refractivity contribution in [2.24, 2.45) is 0 Å². The molecule has 0 aromatic heterocycles. The lowest BCUT2D eigenvalue weighted by molar-refractivity contribution is -0.168. The van der Waals surface area contributed by atoms with E-state index in [2.05, 4.69) is 9.61 Å². The average Bonchev–Trinajstić information content (AvgIpc) is 2.41. The van der Waals surface area contributed by atoms with E-state index in [0.29, 0.717) is 11.3 Å². The zero-order valence-electron chi connectivity index (χ0n) is 6.45. The van der Waals surface area contributed by atoms with Crippen LogP contribution in [0.5, 0.6) is 0 Å². The smallest absolute Gasteiger partial charge is 0.294 e. The number of rotatable bonds is 1. The minimum atomic E-state index is -2.06. The molecule has 1 heterocycles. The molecule has 1 aliphatic heterocycles. The molecular formula is C8H6ClNO3. The summed E-state index contributed by atoms with van der Waals surface area (Å²) >= 11 is 5.06. The Kier molecular flexibility index (Phi) is 1.76. The summed E-state index contributed by atoms with van der Waals surface area (Å²) in [5.74, 6) is -2.73. The summed E-state index contributed by atoms with van der Waals surface area (Å²) in [5, 5.41) is 12.1. The maximum atomic E-state index is 11.2. The maximum absolute atomic E-state index is 11.2.